The molecule has 0 atom stereocenters. The highest BCUT2D eigenvalue weighted by Gasteiger charge is 2.16. The van der Waals surface area contributed by atoms with E-state index in [1.54, 1.807) is 12.1 Å². The second-order valence-electron chi connectivity index (χ2n) is 4.06. The van der Waals surface area contributed by atoms with Crippen LogP contribution in [0.4, 0.5) is 0 Å². The first kappa shape index (κ1) is 14.4. The summed E-state index contributed by atoms with van der Waals surface area (Å²) in [7, 11) is 1.48. The molecule has 0 bridgehead atoms. The number of aromatic carboxylic acids is 1. The predicted octanol–water partition coefficient (Wildman–Crippen LogP) is 3.73. The predicted molar refractivity (Wildman–Crippen MR) is 78.4 cm³/mol. The first-order valence-corrected chi connectivity index (χ1v) is 6.68. The molecule has 0 heterocycles. The molecule has 2 aromatic rings. The second kappa shape index (κ2) is 6.43. The summed E-state index contributed by atoms with van der Waals surface area (Å²) < 4.78 is 11.7. The number of carboxylic acids is 1. The molecule has 0 amide bonds. The summed E-state index contributed by atoms with van der Waals surface area (Å²) in [6.45, 7) is 0.264. The SMILES string of the molecule is COc1cccc(C(=O)O)c1OCc1cccc(Br)c1. The van der Waals surface area contributed by atoms with E-state index in [2.05, 4.69) is 15.9 Å². The zero-order valence-electron chi connectivity index (χ0n) is 10.8. The summed E-state index contributed by atoms with van der Waals surface area (Å²) >= 11 is 3.38. The quantitative estimate of drug-likeness (QED) is 0.903. The molecule has 0 aliphatic heterocycles. The summed E-state index contributed by atoms with van der Waals surface area (Å²) in [6.07, 6.45) is 0. The molecule has 104 valence electrons. The van der Waals surface area contributed by atoms with Gasteiger partial charge in [-0.05, 0) is 29.8 Å². The highest BCUT2D eigenvalue weighted by atomic mass is 79.9. The Morgan fingerprint density at radius 1 is 1.25 bits per heavy atom. The molecule has 4 nitrogen and oxygen atoms in total. The number of para-hydroxylation sites is 1. The van der Waals surface area contributed by atoms with E-state index in [1.165, 1.54) is 13.2 Å². The molecule has 20 heavy (non-hydrogen) atoms. The molecule has 0 aromatic heterocycles. The molecule has 0 fully saturated rings. The maximum absolute atomic E-state index is 11.2. The van der Waals surface area contributed by atoms with Crippen LogP contribution in [0.3, 0.4) is 0 Å². The summed E-state index contributed by atoms with van der Waals surface area (Å²) in [5, 5.41) is 9.18. The standard InChI is InChI=1S/C15H13BrO4/c1-19-13-7-3-6-12(15(17)18)14(13)20-9-10-4-2-5-11(16)8-10/h2-8H,9H2,1H3,(H,17,18). The second-order valence-corrected chi connectivity index (χ2v) is 4.98. The van der Waals surface area contributed by atoms with E-state index in [4.69, 9.17) is 9.47 Å². The zero-order valence-corrected chi connectivity index (χ0v) is 12.4. The van der Waals surface area contributed by atoms with Gasteiger partial charge < -0.3 is 14.6 Å². The fraction of sp³-hybridized carbons (Fsp3) is 0.133. The van der Waals surface area contributed by atoms with Crippen molar-refractivity contribution in [3.05, 3.63) is 58.1 Å². The van der Waals surface area contributed by atoms with Gasteiger partial charge in [-0.15, -0.1) is 0 Å². The smallest absolute Gasteiger partial charge is 0.339 e. The highest BCUT2D eigenvalue weighted by molar-refractivity contribution is 9.10. The van der Waals surface area contributed by atoms with Crippen LogP contribution in [-0.2, 0) is 6.61 Å². The Morgan fingerprint density at radius 2 is 2.00 bits per heavy atom. The lowest BCUT2D eigenvalue weighted by atomic mass is 10.2. The Morgan fingerprint density at radius 3 is 2.65 bits per heavy atom. The third-order valence-electron chi connectivity index (χ3n) is 2.70. The minimum absolute atomic E-state index is 0.0827. The van der Waals surface area contributed by atoms with Crippen molar-refractivity contribution in [2.24, 2.45) is 0 Å². The van der Waals surface area contributed by atoms with Crippen molar-refractivity contribution in [2.45, 2.75) is 6.61 Å². The molecular weight excluding hydrogens is 324 g/mol. The maximum Gasteiger partial charge on any atom is 0.339 e. The number of rotatable bonds is 5. The molecule has 0 aliphatic carbocycles. The van der Waals surface area contributed by atoms with E-state index in [0.717, 1.165) is 10.0 Å². The van der Waals surface area contributed by atoms with Crippen LogP contribution in [0.25, 0.3) is 0 Å². The molecule has 5 heteroatoms. The number of benzene rings is 2. The van der Waals surface area contributed by atoms with E-state index in [-0.39, 0.29) is 17.9 Å². The van der Waals surface area contributed by atoms with Gasteiger partial charge in [0.1, 0.15) is 12.2 Å². The Hall–Kier alpha value is -2.01. The summed E-state index contributed by atoms with van der Waals surface area (Å²) in [5.74, 6) is -0.407. The van der Waals surface area contributed by atoms with Crippen LogP contribution >= 0.6 is 15.9 Å². The van der Waals surface area contributed by atoms with Gasteiger partial charge in [-0.1, -0.05) is 34.1 Å². The average molecular weight is 337 g/mol. The average Bonchev–Trinajstić information content (AvgIpc) is 2.44. The summed E-state index contributed by atoms with van der Waals surface area (Å²) in [5.41, 5.74) is 1.01. The van der Waals surface area contributed by atoms with Gasteiger partial charge in [0.15, 0.2) is 11.5 Å². The molecule has 0 aliphatic rings. The van der Waals surface area contributed by atoms with Crippen LogP contribution in [-0.4, -0.2) is 18.2 Å². The van der Waals surface area contributed by atoms with Gasteiger partial charge in [0.05, 0.1) is 7.11 Å². The fourth-order valence-electron chi connectivity index (χ4n) is 1.78. The summed E-state index contributed by atoms with van der Waals surface area (Å²) in [4.78, 5) is 11.2. The highest BCUT2D eigenvalue weighted by Crippen LogP contribution is 2.31. The number of ether oxygens (including phenoxy) is 2. The van der Waals surface area contributed by atoms with Crippen LogP contribution in [0.5, 0.6) is 11.5 Å². The number of hydrogen-bond donors (Lipinski definition) is 1. The monoisotopic (exact) mass is 336 g/mol. The maximum atomic E-state index is 11.2. The van der Waals surface area contributed by atoms with Crippen molar-refractivity contribution in [1.29, 1.82) is 0 Å². The Bertz CT molecular complexity index is 625. The molecule has 0 spiro atoms. The number of halogens is 1. The molecule has 0 unspecified atom stereocenters. The van der Waals surface area contributed by atoms with E-state index in [1.807, 2.05) is 24.3 Å². The van der Waals surface area contributed by atoms with Gasteiger partial charge in [-0.3, -0.25) is 0 Å². The largest absolute Gasteiger partial charge is 0.493 e. The van der Waals surface area contributed by atoms with Crippen molar-refractivity contribution < 1.29 is 19.4 Å². The molecular formula is C15H13BrO4. The topological polar surface area (TPSA) is 55.8 Å². The van der Waals surface area contributed by atoms with Crippen molar-refractivity contribution in [2.75, 3.05) is 7.11 Å². The molecule has 0 saturated carbocycles. The first-order valence-electron chi connectivity index (χ1n) is 5.89. The van der Waals surface area contributed by atoms with Gasteiger partial charge in [0.2, 0.25) is 0 Å². The molecule has 1 N–H and O–H groups in total. The number of carbonyl (C=O) groups is 1. The molecule has 2 aromatic carbocycles. The zero-order chi connectivity index (χ0) is 14.5. The van der Waals surface area contributed by atoms with E-state index >= 15 is 0 Å². The number of methoxy groups -OCH3 is 1. The third kappa shape index (κ3) is 3.30. The minimum atomic E-state index is -1.05. The van der Waals surface area contributed by atoms with Crippen LogP contribution < -0.4 is 9.47 Å². The third-order valence-corrected chi connectivity index (χ3v) is 3.19. The van der Waals surface area contributed by atoms with Crippen LogP contribution in [0.15, 0.2) is 46.9 Å². The normalized spacial score (nSPS) is 10.1. The lowest BCUT2D eigenvalue weighted by Gasteiger charge is -2.13. The molecule has 2 rings (SSSR count). The molecule has 0 radical (unpaired) electrons. The van der Waals surface area contributed by atoms with E-state index < -0.39 is 5.97 Å². The first-order chi connectivity index (χ1) is 9.61. The fourth-order valence-corrected chi connectivity index (χ4v) is 2.22. The van der Waals surface area contributed by atoms with Crippen molar-refractivity contribution in [1.82, 2.24) is 0 Å². The molecule has 0 saturated heterocycles. The summed E-state index contributed by atoms with van der Waals surface area (Å²) in [6, 6.07) is 12.4. The Balaban J connectivity index is 2.26. The van der Waals surface area contributed by atoms with Crippen molar-refractivity contribution >= 4 is 21.9 Å². The van der Waals surface area contributed by atoms with E-state index in [0.29, 0.717) is 5.75 Å². The van der Waals surface area contributed by atoms with Crippen LogP contribution in [0, 0.1) is 0 Å². The lowest BCUT2D eigenvalue weighted by Crippen LogP contribution is -2.05. The van der Waals surface area contributed by atoms with Gasteiger partial charge >= 0.3 is 5.97 Å². The van der Waals surface area contributed by atoms with Crippen LogP contribution in [0.2, 0.25) is 0 Å². The van der Waals surface area contributed by atoms with Gasteiger partial charge in [0.25, 0.3) is 0 Å². The number of carboxylic acid groups (broad SMARTS) is 1. The lowest BCUT2D eigenvalue weighted by molar-refractivity contribution is 0.0691. The minimum Gasteiger partial charge on any atom is -0.493 e. The van der Waals surface area contributed by atoms with Gasteiger partial charge in [0, 0.05) is 4.47 Å². The Labute approximate surface area is 125 Å². The van der Waals surface area contributed by atoms with Crippen molar-refractivity contribution in [3.63, 3.8) is 0 Å². The van der Waals surface area contributed by atoms with Crippen LogP contribution in [0.1, 0.15) is 15.9 Å². The number of hydrogen-bond acceptors (Lipinski definition) is 3. The van der Waals surface area contributed by atoms with Gasteiger partial charge in [-0.2, -0.15) is 0 Å². The van der Waals surface area contributed by atoms with Gasteiger partial charge in [-0.25, -0.2) is 4.79 Å². The van der Waals surface area contributed by atoms with E-state index in [9.17, 15) is 9.90 Å². The van der Waals surface area contributed by atoms with Crippen molar-refractivity contribution in [3.8, 4) is 11.5 Å². The Kier molecular flexibility index (Phi) is 4.63.